The van der Waals surface area contributed by atoms with Crippen molar-refractivity contribution in [2.75, 3.05) is 37.5 Å². The zero-order valence-corrected chi connectivity index (χ0v) is 17.1. The highest BCUT2D eigenvalue weighted by Gasteiger charge is 2.15. The molecule has 1 aromatic heterocycles. The van der Waals surface area contributed by atoms with Crippen molar-refractivity contribution in [2.45, 2.75) is 12.8 Å². The molecule has 0 radical (unpaired) electrons. The highest BCUT2D eigenvalue weighted by atomic mass is 16.5. The second-order valence-electron chi connectivity index (χ2n) is 7.07. The number of ether oxygens (including phenoxy) is 2. The van der Waals surface area contributed by atoms with Crippen LogP contribution in [0.2, 0.25) is 0 Å². The van der Waals surface area contributed by atoms with Crippen molar-refractivity contribution >= 4 is 17.4 Å². The molecule has 0 saturated carbocycles. The summed E-state index contributed by atoms with van der Waals surface area (Å²) in [6.45, 7) is 2.09. The average Bonchev–Trinajstić information content (AvgIpc) is 3.34. The number of methoxy groups -OCH3 is 2. The van der Waals surface area contributed by atoms with E-state index in [0.29, 0.717) is 22.7 Å². The van der Waals surface area contributed by atoms with Gasteiger partial charge in [0, 0.05) is 30.4 Å². The van der Waals surface area contributed by atoms with Gasteiger partial charge < -0.3 is 19.7 Å². The Balaban J connectivity index is 1.45. The molecule has 2 heterocycles. The summed E-state index contributed by atoms with van der Waals surface area (Å²) in [5.41, 5.74) is 2.86. The molecule has 2 aromatic carbocycles. The first-order valence-electron chi connectivity index (χ1n) is 9.90. The number of hydrogen-bond donors (Lipinski definition) is 1. The van der Waals surface area contributed by atoms with Crippen LogP contribution < -0.4 is 19.7 Å². The van der Waals surface area contributed by atoms with Gasteiger partial charge in [0.05, 0.1) is 25.5 Å². The van der Waals surface area contributed by atoms with Crippen LogP contribution in [0.4, 0.5) is 11.5 Å². The molecule has 0 bridgehead atoms. The summed E-state index contributed by atoms with van der Waals surface area (Å²) in [5.74, 6) is 1.76. The lowest BCUT2D eigenvalue weighted by atomic mass is 10.1. The number of nitrogens with one attached hydrogen (secondary N) is 1. The molecule has 7 nitrogen and oxygen atoms in total. The van der Waals surface area contributed by atoms with Crippen molar-refractivity contribution < 1.29 is 14.3 Å². The Morgan fingerprint density at radius 2 is 1.70 bits per heavy atom. The van der Waals surface area contributed by atoms with Crippen LogP contribution in [-0.2, 0) is 0 Å². The quantitative estimate of drug-likeness (QED) is 0.669. The maximum atomic E-state index is 12.7. The number of benzene rings is 2. The number of amides is 1. The minimum absolute atomic E-state index is 0.253. The summed E-state index contributed by atoms with van der Waals surface area (Å²) in [6, 6.07) is 16.6. The van der Waals surface area contributed by atoms with Crippen LogP contribution in [0.15, 0.2) is 54.6 Å². The van der Waals surface area contributed by atoms with E-state index < -0.39 is 0 Å². The molecule has 1 amide bonds. The van der Waals surface area contributed by atoms with Gasteiger partial charge in [-0.2, -0.15) is 0 Å². The summed E-state index contributed by atoms with van der Waals surface area (Å²) in [7, 11) is 3.09. The first-order valence-corrected chi connectivity index (χ1v) is 9.90. The van der Waals surface area contributed by atoms with Gasteiger partial charge in [0.25, 0.3) is 5.91 Å². The summed E-state index contributed by atoms with van der Waals surface area (Å²) in [4.78, 5) is 14.9. The molecule has 0 spiro atoms. The number of anilines is 2. The Labute approximate surface area is 175 Å². The van der Waals surface area contributed by atoms with Crippen LogP contribution in [0.1, 0.15) is 23.2 Å². The molecule has 1 N–H and O–H groups in total. The third-order valence-corrected chi connectivity index (χ3v) is 5.17. The van der Waals surface area contributed by atoms with E-state index in [2.05, 4.69) is 20.4 Å². The third kappa shape index (κ3) is 4.20. The van der Waals surface area contributed by atoms with Gasteiger partial charge in [-0.25, -0.2) is 0 Å². The summed E-state index contributed by atoms with van der Waals surface area (Å²) >= 11 is 0. The highest BCUT2D eigenvalue weighted by Crippen LogP contribution is 2.26. The first-order chi connectivity index (χ1) is 14.7. The van der Waals surface area contributed by atoms with Crippen LogP contribution in [0.25, 0.3) is 11.3 Å². The molecule has 154 valence electrons. The molecule has 7 heteroatoms. The van der Waals surface area contributed by atoms with Crippen molar-refractivity contribution in [1.82, 2.24) is 10.2 Å². The molecule has 1 aliphatic heterocycles. The van der Waals surface area contributed by atoms with Gasteiger partial charge in [-0.1, -0.05) is 12.1 Å². The predicted molar refractivity (Wildman–Crippen MR) is 116 cm³/mol. The topological polar surface area (TPSA) is 76.6 Å². The second kappa shape index (κ2) is 8.82. The molecule has 0 unspecified atom stereocenters. The van der Waals surface area contributed by atoms with E-state index in [1.54, 1.807) is 25.3 Å². The van der Waals surface area contributed by atoms with Gasteiger partial charge >= 0.3 is 0 Å². The van der Waals surface area contributed by atoms with Crippen molar-refractivity contribution in [3.63, 3.8) is 0 Å². The molecule has 1 fully saturated rings. The minimum atomic E-state index is -0.253. The molecule has 0 atom stereocenters. The van der Waals surface area contributed by atoms with Crippen molar-refractivity contribution in [2.24, 2.45) is 0 Å². The van der Waals surface area contributed by atoms with E-state index in [1.165, 1.54) is 20.0 Å². The fourth-order valence-corrected chi connectivity index (χ4v) is 3.50. The minimum Gasteiger partial charge on any atom is -0.497 e. The molecule has 3 aromatic rings. The number of carbonyl (C=O) groups excluding carboxylic acids is 1. The zero-order valence-electron chi connectivity index (χ0n) is 17.1. The van der Waals surface area contributed by atoms with Crippen LogP contribution in [0, 0.1) is 0 Å². The normalized spacial score (nSPS) is 13.2. The Bertz CT molecular complexity index is 1010. The van der Waals surface area contributed by atoms with Crippen LogP contribution in [-0.4, -0.2) is 43.4 Å². The number of aromatic nitrogens is 2. The zero-order chi connectivity index (χ0) is 20.9. The largest absolute Gasteiger partial charge is 0.497 e. The monoisotopic (exact) mass is 404 g/mol. The Morgan fingerprint density at radius 1 is 0.933 bits per heavy atom. The van der Waals surface area contributed by atoms with E-state index in [1.807, 2.05) is 36.4 Å². The van der Waals surface area contributed by atoms with E-state index in [4.69, 9.17) is 9.47 Å². The Kier molecular flexibility index (Phi) is 5.79. The van der Waals surface area contributed by atoms with Crippen LogP contribution in [0.3, 0.4) is 0 Å². The molecular formula is C23H24N4O3. The molecule has 1 saturated heterocycles. The lowest BCUT2D eigenvalue weighted by molar-refractivity contribution is 0.102. The van der Waals surface area contributed by atoms with Gasteiger partial charge in [0.1, 0.15) is 11.5 Å². The molecule has 1 aliphatic rings. The summed E-state index contributed by atoms with van der Waals surface area (Å²) in [5, 5.41) is 11.6. The fraction of sp³-hybridized carbons (Fsp3) is 0.261. The summed E-state index contributed by atoms with van der Waals surface area (Å²) < 4.78 is 10.5. The maximum absolute atomic E-state index is 12.7. The summed E-state index contributed by atoms with van der Waals surface area (Å²) in [6.07, 6.45) is 2.41. The van der Waals surface area contributed by atoms with Gasteiger partial charge in [-0.15, -0.1) is 10.2 Å². The van der Waals surface area contributed by atoms with E-state index in [-0.39, 0.29) is 5.91 Å². The SMILES string of the molecule is COc1ccc(C(=O)Nc2ccc(-c3ccc(N4CCCC4)nn3)cc2)c(OC)c1. The number of hydrogen-bond acceptors (Lipinski definition) is 6. The van der Waals surface area contributed by atoms with E-state index >= 15 is 0 Å². The van der Waals surface area contributed by atoms with Crippen LogP contribution in [0.5, 0.6) is 11.5 Å². The van der Waals surface area contributed by atoms with E-state index in [0.717, 1.165) is 30.2 Å². The highest BCUT2D eigenvalue weighted by molar-refractivity contribution is 6.06. The third-order valence-electron chi connectivity index (χ3n) is 5.17. The lowest BCUT2D eigenvalue weighted by Gasteiger charge is -2.15. The molecular weight excluding hydrogens is 380 g/mol. The molecule has 30 heavy (non-hydrogen) atoms. The average molecular weight is 404 g/mol. The van der Waals surface area contributed by atoms with E-state index in [9.17, 15) is 4.79 Å². The Hall–Kier alpha value is -3.61. The molecule has 4 rings (SSSR count). The number of nitrogens with zero attached hydrogens (tertiary/aromatic N) is 3. The van der Waals surface area contributed by atoms with Crippen molar-refractivity contribution in [1.29, 1.82) is 0 Å². The smallest absolute Gasteiger partial charge is 0.259 e. The second-order valence-corrected chi connectivity index (χ2v) is 7.07. The standard InChI is InChI=1S/C23H24N4O3/c1-29-18-9-10-19(21(15-18)30-2)23(28)24-17-7-5-16(6-8-17)20-11-12-22(26-25-20)27-13-3-4-14-27/h5-12,15H,3-4,13-14H2,1-2H3,(H,24,28). The van der Waals surface area contributed by atoms with Gasteiger partial charge in [-0.3, -0.25) is 4.79 Å². The van der Waals surface area contributed by atoms with Gasteiger partial charge in [-0.05, 0) is 49.2 Å². The fourth-order valence-electron chi connectivity index (χ4n) is 3.50. The number of rotatable bonds is 6. The van der Waals surface area contributed by atoms with Crippen molar-refractivity contribution in [3.05, 3.63) is 60.2 Å². The lowest BCUT2D eigenvalue weighted by Crippen LogP contribution is -2.19. The predicted octanol–water partition coefficient (Wildman–Crippen LogP) is 4.01. The molecule has 0 aliphatic carbocycles. The van der Waals surface area contributed by atoms with Crippen LogP contribution >= 0.6 is 0 Å². The maximum Gasteiger partial charge on any atom is 0.259 e. The number of carbonyl (C=O) groups is 1. The van der Waals surface area contributed by atoms with Gasteiger partial charge in [0.2, 0.25) is 0 Å². The Morgan fingerprint density at radius 3 is 2.33 bits per heavy atom. The van der Waals surface area contributed by atoms with Crippen molar-refractivity contribution in [3.8, 4) is 22.8 Å². The first kappa shape index (κ1) is 19.7. The van der Waals surface area contributed by atoms with Gasteiger partial charge in [0.15, 0.2) is 5.82 Å².